The van der Waals surface area contributed by atoms with Crippen LogP contribution in [0.3, 0.4) is 0 Å². The Morgan fingerprint density at radius 1 is 0.952 bits per heavy atom. The summed E-state index contributed by atoms with van der Waals surface area (Å²) in [4.78, 5) is 17.3. The lowest BCUT2D eigenvalue weighted by molar-refractivity contribution is -0.00572. The van der Waals surface area contributed by atoms with E-state index in [-0.39, 0.29) is 18.2 Å². The predicted octanol–water partition coefficient (Wildman–Crippen LogP) is -0.0960. The van der Waals surface area contributed by atoms with E-state index in [0.29, 0.717) is 25.1 Å². The highest BCUT2D eigenvalue weighted by molar-refractivity contribution is 5.44. The summed E-state index contributed by atoms with van der Waals surface area (Å²) in [5.41, 5.74) is 5.86. The molecule has 1 aromatic heterocycles. The third kappa shape index (κ3) is 3.33. The summed E-state index contributed by atoms with van der Waals surface area (Å²) in [6, 6.07) is 0. The Labute approximate surface area is 124 Å². The zero-order valence-corrected chi connectivity index (χ0v) is 12.5. The molecule has 2 fully saturated rings. The van der Waals surface area contributed by atoms with Crippen molar-refractivity contribution in [3.8, 4) is 0 Å². The molecule has 0 amide bonds. The lowest BCUT2D eigenvalue weighted by Crippen LogP contribution is -2.46. The summed E-state index contributed by atoms with van der Waals surface area (Å²) >= 11 is 0. The van der Waals surface area contributed by atoms with E-state index in [2.05, 4.69) is 38.6 Å². The Kier molecular flexibility index (Phi) is 4.07. The van der Waals surface area contributed by atoms with Crippen molar-refractivity contribution in [3.63, 3.8) is 0 Å². The Morgan fingerprint density at radius 3 is 2.14 bits per heavy atom. The van der Waals surface area contributed by atoms with Gasteiger partial charge in [-0.3, -0.25) is 0 Å². The van der Waals surface area contributed by atoms with Crippen molar-refractivity contribution in [3.05, 3.63) is 0 Å². The zero-order valence-electron chi connectivity index (χ0n) is 12.5. The highest BCUT2D eigenvalue weighted by Crippen LogP contribution is 2.20. The molecule has 0 bridgehead atoms. The molecule has 8 heteroatoms. The molecule has 0 saturated carbocycles. The third-order valence-corrected chi connectivity index (χ3v) is 3.63. The van der Waals surface area contributed by atoms with Crippen molar-refractivity contribution in [1.82, 2.24) is 15.0 Å². The normalized spacial score (nSPS) is 27.0. The molecule has 2 atom stereocenters. The summed E-state index contributed by atoms with van der Waals surface area (Å²) in [5.74, 6) is 1.52. The molecule has 0 radical (unpaired) electrons. The molecular formula is C13H22N6O2. The van der Waals surface area contributed by atoms with Crippen LogP contribution in [-0.4, -0.2) is 66.6 Å². The number of rotatable bonds is 2. The second-order valence-electron chi connectivity index (χ2n) is 5.56. The van der Waals surface area contributed by atoms with E-state index >= 15 is 0 Å². The molecule has 0 spiro atoms. The second-order valence-corrected chi connectivity index (χ2v) is 5.56. The van der Waals surface area contributed by atoms with Crippen LogP contribution < -0.4 is 15.5 Å². The maximum Gasteiger partial charge on any atom is 0.232 e. The van der Waals surface area contributed by atoms with Crippen LogP contribution in [-0.2, 0) is 9.47 Å². The van der Waals surface area contributed by atoms with Crippen molar-refractivity contribution in [2.45, 2.75) is 26.1 Å². The lowest BCUT2D eigenvalue weighted by atomic mass is 10.2. The number of hydrogen-bond donors (Lipinski definition) is 1. The number of morpholine rings is 2. The highest BCUT2D eigenvalue weighted by atomic mass is 16.5. The summed E-state index contributed by atoms with van der Waals surface area (Å²) < 4.78 is 11.1. The topological polar surface area (TPSA) is 89.6 Å². The van der Waals surface area contributed by atoms with Gasteiger partial charge in [-0.25, -0.2) is 0 Å². The first-order valence-corrected chi connectivity index (χ1v) is 7.36. The standard InChI is InChI=1S/C13H22N6O2/c1-9-7-19(8-10(2)21-9)13-16-11(14)15-12(17-13)18-3-5-20-6-4-18/h9-10H,3-8H2,1-2H3,(H2,14,15,16,17)/t9-,10+. The van der Waals surface area contributed by atoms with Gasteiger partial charge in [-0.15, -0.1) is 0 Å². The van der Waals surface area contributed by atoms with Gasteiger partial charge in [-0.1, -0.05) is 0 Å². The van der Waals surface area contributed by atoms with Gasteiger partial charge in [-0.05, 0) is 13.8 Å². The number of nitrogens with two attached hydrogens (primary N) is 1. The van der Waals surface area contributed by atoms with Crippen molar-refractivity contribution >= 4 is 17.8 Å². The summed E-state index contributed by atoms with van der Waals surface area (Å²) in [7, 11) is 0. The quantitative estimate of drug-likeness (QED) is 0.809. The van der Waals surface area contributed by atoms with E-state index in [9.17, 15) is 0 Å². The highest BCUT2D eigenvalue weighted by Gasteiger charge is 2.25. The number of nitrogens with zero attached hydrogens (tertiary/aromatic N) is 5. The molecule has 3 heterocycles. The Bertz CT molecular complexity index is 484. The maximum atomic E-state index is 5.86. The Morgan fingerprint density at radius 2 is 1.52 bits per heavy atom. The summed E-state index contributed by atoms with van der Waals surface area (Å²) in [6.45, 7) is 8.55. The first-order valence-electron chi connectivity index (χ1n) is 7.36. The number of aromatic nitrogens is 3. The van der Waals surface area contributed by atoms with Crippen LogP contribution in [0.1, 0.15) is 13.8 Å². The minimum Gasteiger partial charge on any atom is -0.378 e. The molecule has 0 unspecified atom stereocenters. The molecule has 3 rings (SSSR count). The van der Waals surface area contributed by atoms with E-state index in [0.717, 1.165) is 26.2 Å². The fourth-order valence-electron chi connectivity index (χ4n) is 2.76. The average Bonchev–Trinajstić information content (AvgIpc) is 2.46. The molecule has 1 aromatic rings. The van der Waals surface area contributed by atoms with Gasteiger partial charge in [0.05, 0.1) is 25.4 Å². The number of hydrogen-bond acceptors (Lipinski definition) is 8. The van der Waals surface area contributed by atoms with E-state index in [1.165, 1.54) is 0 Å². The molecule has 8 nitrogen and oxygen atoms in total. The lowest BCUT2D eigenvalue weighted by Gasteiger charge is -2.35. The van der Waals surface area contributed by atoms with E-state index in [1.54, 1.807) is 0 Å². The minimum absolute atomic E-state index is 0.151. The molecule has 2 N–H and O–H groups in total. The molecule has 2 aliphatic rings. The molecule has 0 aliphatic carbocycles. The van der Waals surface area contributed by atoms with Gasteiger partial charge in [0.25, 0.3) is 0 Å². The van der Waals surface area contributed by atoms with Crippen LogP contribution in [0.4, 0.5) is 17.8 Å². The van der Waals surface area contributed by atoms with Crippen LogP contribution in [0.15, 0.2) is 0 Å². The first kappa shape index (κ1) is 14.3. The fourth-order valence-corrected chi connectivity index (χ4v) is 2.76. The molecule has 2 saturated heterocycles. The van der Waals surface area contributed by atoms with Crippen molar-refractivity contribution in [1.29, 1.82) is 0 Å². The van der Waals surface area contributed by atoms with Crippen LogP contribution in [0.2, 0.25) is 0 Å². The van der Waals surface area contributed by atoms with Crippen LogP contribution >= 0.6 is 0 Å². The van der Waals surface area contributed by atoms with Gasteiger partial charge in [0, 0.05) is 26.2 Å². The minimum atomic E-state index is 0.151. The molecule has 2 aliphatic heterocycles. The van der Waals surface area contributed by atoms with Crippen LogP contribution in [0, 0.1) is 0 Å². The van der Waals surface area contributed by atoms with Gasteiger partial charge in [-0.2, -0.15) is 15.0 Å². The fraction of sp³-hybridized carbons (Fsp3) is 0.769. The van der Waals surface area contributed by atoms with Gasteiger partial charge in [0.2, 0.25) is 17.8 Å². The van der Waals surface area contributed by atoms with E-state index in [4.69, 9.17) is 15.2 Å². The molecule has 21 heavy (non-hydrogen) atoms. The SMILES string of the molecule is C[C@@H]1CN(c2nc(N)nc(N3CCOCC3)n2)C[C@H](C)O1. The van der Waals surface area contributed by atoms with Crippen molar-refractivity contribution in [2.24, 2.45) is 0 Å². The monoisotopic (exact) mass is 294 g/mol. The van der Waals surface area contributed by atoms with E-state index < -0.39 is 0 Å². The Hall–Kier alpha value is -1.67. The maximum absolute atomic E-state index is 5.86. The number of ether oxygens (including phenoxy) is 2. The molecule has 116 valence electrons. The van der Waals surface area contributed by atoms with Crippen molar-refractivity contribution < 1.29 is 9.47 Å². The van der Waals surface area contributed by atoms with Crippen LogP contribution in [0.5, 0.6) is 0 Å². The Balaban J connectivity index is 1.83. The molecular weight excluding hydrogens is 272 g/mol. The first-order chi connectivity index (χ1) is 10.1. The van der Waals surface area contributed by atoms with Gasteiger partial charge >= 0.3 is 0 Å². The van der Waals surface area contributed by atoms with Crippen molar-refractivity contribution in [2.75, 3.05) is 54.9 Å². The third-order valence-electron chi connectivity index (χ3n) is 3.63. The summed E-state index contributed by atoms with van der Waals surface area (Å²) in [6.07, 6.45) is 0.303. The molecule has 0 aromatic carbocycles. The zero-order chi connectivity index (χ0) is 14.8. The van der Waals surface area contributed by atoms with Gasteiger partial charge in [0.1, 0.15) is 0 Å². The number of anilines is 3. The largest absolute Gasteiger partial charge is 0.378 e. The summed E-state index contributed by atoms with van der Waals surface area (Å²) in [5, 5.41) is 0. The van der Waals surface area contributed by atoms with Crippen LogP contribution in [0.25, 0.3) is 0 Å². The second kappa shape index (κ2) is 5.98. The van der Waals surface area contributed by atoms with E-state index in [1.807, 2.05) is 0 Å². The average molecular weight is 294 g/mol. The number of nitrogen functional groups attached to an aromatic ring is 1. The van der Waals surface area contributed by atoms with Gasteiger partial charge in [0.15, 0.2) is 0 Å². The predicted molar refractivity (Wildman–Crippen MR) is 79.5 cm³/mol. The van der Waals surface area contributed by atoms with Gasteiger partial charge < -0.3 is 25.0 Å². The smallest absolute Gasteiger partial charge is 0.232 e.